The van der Waals surface area contributed by atoms with E-state index in [0.29, 0.717) is 5.56 Å². The average Bonchev–Trinajstić information content (AvgIpc) is 2.82. The molecular formula is C25H23FN4O. The van der Waals surface area contributed by atoms with Gasteiger partial charge in [-0.2, -0.15) is 5.26 Å². The van der Waals surface area contributed by atoms with Crippen LogP contribution in [0.3, 0.4) is 0 Å². The molecule has 1 aliphatic heterocycles. The van der Waals surface area contributed by atoms with E-state index in [1.807, 2.05) is 36.5 Å². The summed E-state index contributed by atoms with van der Waals surface area (Å²) in [5.74, 6) is -0.873. The summed E-state index contributed by atoms with van der Waals surface area (Å²) in [7, 11) is 0. The molecule has 1 unspecified atom stereocenters. The molecule has 6 heteroatoms. The fourth-order valence-corrected chi connectivity index (χ4v) is 4.10. The molecule has 0 spiro atoms. The lowest BCUT2D eigenvalue weighted by Gasteiger charge is -2.38. The van der Waals surface area contributed by atoms with Gasteiger partial charge < -0.3 is 5.32 Å². The second kappa shape index (κ2) is 9.50. The minimum atomic E-state index is -0.505. The predicted molar refractivity (Wildman–Crippen MR) is 116 cm³/mol. The molecule has 5 nitrogen and oxygen atoms in total. The van der Waals surface area contributed by atoms with Crippen LogP contribution in [0.4, 0.5) is 4.39 Å². The zero-order valence-corrected chi connectivity index (χ0v) is 17.0. The molecule has 31 heavy (non-hydrogen) atoms. The number of carbonyl (C=O) groups is 1. The van der Waals surface area contributed by atoms with Crippen LogP contribution in [-0.4, -0.2) is 34.9 Å². The zero-order chi connectivity index (χ0) is 21.6. The number of nitriles is 1. The number of rotatable bonds is 5. The van der Waals surface area contributed by atoms with Gasteiger partial charge in [0, 0.05) is 31.5 Å². The van der Waals surface area contributed by atoms with Crippen LogP contribution < -0.4 is 5.32 Å². The quantitative estimate of drug-likeness (QED) is 0.683. The van der Waals surface area contributed by atoms with Crippen LogP contribution in [0.15, 0.2) is 73.1 Å². The van der Waals surface area contributed by atoms with Gasteiger partial charge in [0.05, 0.1) is 23.2 Å². The molecule has 1 saturated heterocycles. The van der Waals surface area contributed by atoms with Crippen LogP contribution in [-0.2, 0) is 0 Å². The molecule has 1 atom stereocenters. The van der Waals surface area contributed by atoms with Gasteiger partial charge in [0.2, 0.25) is 0 Å². The minimum Gasteiger partial charge on any atom is -0.349 e. The molecule has 0 saturated carbocycles. The molecule has 3 aromatic rings. The van der Waals surface area contributed by atoms with Gasteiger partial charge in [0.15, 0.2) is 0 Å². The number of hydrogen-bond donors (Lipinski definition) is 1. The highest BCUT2D eigenvalue weighted by molar-refractivity contribution is 5.94. The molecule has 1 fully saturated rings. The Balaban J connectivity index is 1.47. The van der Waals surface area contributed by atoms with Gasteiger partial charge in [-0.15, -0.1) is 0 Å². The Hall–Kier alpha value is -3.56. The minimum absolute atomic E-state index is 0.00105. The van der Waals surface area contributed by atoms with E-state index in [9.17, 15) is 9.18 Å². The Labute approximate surface area is 181 Å². The van der Waals surface area contributed by atoms with E-state index in [2.05, 4.69) is 27.3 Å². The first-order chi connectivity index (χ1) is 15.2. The van der Waals surface area contributed by atoms with E-state index in [-0.39, 0.29) is 23.6 Å². The highest BCUT2D eigenvalue weighted by Gasteiger charge is 2.28. The highest BCUT2D eigenvalue weighted by Crippen LogP contribution is 2.31. The second-order valence-electron chi connectivity index (χ2n) is 7.69. The molecule has 1 N–H and O–H groups in total. The van der Waals surface area contributed by atoms with E-state index >= 15 is 0 Å². The number of aromatic nitrogens is 1. The van der Waals surface area contributed by atoms with Crippen molar-refractivity contribution in [1.82, 2.24) is 15.2 Å². The Morgan fingerprint density at radius 1 is 1.06 bits per heavy atom. The normalized spacial score (nSPS) is 15.7. The predicted octanol–water partition coefficient (Wildman–Crippen LogP) is 4.08. The summed E-state index contributed by atoms with van der Waals surface area (Å²) < 4.78 is 13.9. The van der Waals surface area contributed by atoms with Crippen molar-refractivity contribution in [3.8, 4) is 6.07 Å². The summed E-state index contributed by atoms with van der Waals surface area (Å²) in [5, 5.41) is 12.1. The average molecular weight is 414 g/mol. The summed E-state index contributed by atoms with van der Waals surface area (Å²) in [6, 6.07) is 19.8. The lowest BCUT2D eigenvalue weighted by molar-refractivity contribution is 0.0896. The molecule has 156 valence electrons. The Morgan fingerprint density at radius 3 is 2.45 bits per heavy atom. The maximum absolute atomic E-state index is 13.9. The smallest absolute Gasteiger partial charge is 0.254 e. The van der Waals surface area contributed by atoms with Crippen LogP contribution in [0.25, 0.3) is 0 Å². The number of halogens is 1. The number of pyridine rings is 1. The summed E-state index contributed by atoms with van der Waals surface area (Å²) in [6.45, 7) is 1.56. The summed E-state index contributed by atoms with van der Waals surface area (Å²) >= 11 is 0. The van der Waals surface area contributed by atoms with Crippen LogP contribution in [0.1, 0.15) is 45.9 Å². The zero-order valence-electron chi connectivity index (χ0n) is 17.0. The Bertz CT molecular complexity index is 1070. The topological polar surface area (TPSA) is 69.0 Å². The first kappa shape index (κ1) is 20.7. The Kier molecular flexibility index (Phi) is 6.34. The third-order valence-electron chi connectivity index (χ3n) is 5.70. The highest BCUT2D eigenvalue weighted by atomic mass is 19.1. The van der Waals surface area contributed by atoms with Gasteiger partial charge in [-0.1, -0.05) is 30.3 Å². The van der Waals surface area contributed by atoms with Crippen LogP contribution in [0.5, 0.6) is 0 Å². The van der Waals surface area contributed by atoms with Crippen molar-refractivity contribution in [1.29, 1.82) is 5.26 Å². The Morgan fingerprint density at radius 2 is 1.81 bits per heavy atom. The number of hydrogen-bond acceptors (Lipinski definition) is 4. The van der Waals surface area contributed by atoms with Gasteiger partial charge in [0.1, 0.15) is 5.82 Å². The standard InChI is InChI=1S/C25H23FN4O/c26-23-6-2-1-5-22(23)25(31)29-21-11-14-30(15-12-21)24(20-4-3-13-28-17-20)19-9-7-18(16-27)8-10-19/h1-10,13,17,21,24H,11-12,14-15H2,(H,29,31). The van der Waals surface area contributed by atoms with Crippen molar-refractivity contribution in [3.63, 3.8) is 0 Å². The van der Waals surface area contributed by atoms with Gasteiger partial charge in [-0.25, -0.2) is 4.39 Å². The molecule has 2 aromatic carbocycles. The molecule has 0 aliphatic carbocycles. The number of likely N-dealkylation sites (tertiary alicyclic amines) is 1. The molecule has 1 aliphatic rings. The SMILES string of the molecule is N#Cc1ccc(C(c2cccnc2)N2CCC(NC(=O)c3ccccc3F)CC2)cc1. The van der Waals surface area contributed by atoms with E-state index < -0.39 is 5.82 Å². The molecular weight excluding hydrogens is 391 g/mol. The van der Waals surface area contributed by atoms with Crippen molar-refractivity contribution in [2.45, 2.75) is 24.9 Å². The molecule has 1 aromatic heterocycles. The van der Waals surface area contributed by atoms with E-state index in [4.69, 9.17) is 5.26 Å². The van der Waals surface area contributed by atoms with Crippen LogP contribution >= 0.6 is 0 Å². The largest absolute Gasteiger partial charge is 0.349 e. The molecule has 0 radical (unpaired) electrons. The van der Waals surface area contributed by atoms with Crippen molar-refractivity contribution in [2.24, 2.45) is 0 Å². The van der Waals surface area contributed by atoms with Crippen molar-refractivity contribution in [3.05, 3.63) is 101 Å². The van der Waals surface area contributed by atoms with Crippen molar-refractivity contribution < 1.29 is 9.18 Å². The van der Waals surface area contributed by atoms with E-state index in [1.165, 1.54) is 12.1 Å². The lowest BCUT2D eigenvalue weighted by atomic mass is 9.94. The first-order valence-electron chi connectivity index (χ1n) is 10.3. The van der Waals surface area contributed by atoms with Gasteiger partial charge in [0.25, 0.3) is 5.91 Å². The van der Waals surface area contributed by atoms with Gasteiger partial charge >= 0.3 is 0 Å². The number of benzene rings is 2. The summed E-state index contributed by atoms with van der Waals surface area (Å²) in [5.41, 5.74) is 2.89. The monoisotopic (exact) mass is 414 g/mol. The maximum atomic E-state index is 13.9. The summed E-state index contributed by atoms with van der Waals surface area (Å²) in [4.78, 5) is 19.1. The van der Waals surface area contributed by atoms with Crippen LogP contribution in [0.2, 0.25) is 0 Å². The number of carbonyl (C=O) groups excluding carboxylic acids is 1. The first-order valence-corrected chi connectivity index (χ1v) is 10.3. The maximum Gasteiger partial charge on any atom is 0.254 e. The number of nitrogens with one attached hydrogen (secondary N) is 1. The third kappa shape index (κ3) is 4.79. The molecule has 1 amide bonds. The number of nitrogens with zero attached hydrogens (tertiary/aromatic N) is 3. The van der Waals surface area contributed by atoms with Gasteiger partial charge in [-0.05, 0) is 54.3 Å². The number of piperidine rings is 1. The van der Waals surface area contributed by atoms with Crippen molar-refractivity contribution in [2.75, 3.05) is 13.1 Å². The van der Waals surface area contributed by atoms with Gasteiger partial charge in [-0.3, -0.25) is 14.7 Å². The lowest BCUT2D eigenvalue weighted by Crippen LogP contribution is -2.46. The third-order valence-corrected chi connectivity index (χ3v) is 5.70. The molecule has 2 heterocycles. The number of amides is 1. The summed E-state index contributed by atoms with van der Waals surface area (Å²) in [6.07, 6.45) is 5.17. The molecule has 0 bridgehead atoms. The van der Waals surface area contributed by atoms with Crippen molar-refractivity contribution >= 4 is 5.91 Å². The van der Waals surface area contributed by atoms with E-state index in [0.717, 1.165) is 37.1 Å². The second-order valence-corrected chi connectivity index (χ2v) is 7.69. The molecule has 4 rings (SSSR count). The fraction of sp³-hybridized carbons (Fsp3) is 0.240. The van der Waals surface area contributed by atoms with E-state index in [1.54, 1.807) is 18.3 Å². The van der Waals surface area contributed by atoms with Crippen LogP contribution in [0, 0.1) is 17.1 Å². The fourth-order valence-electron chi connectivity index (χ4n) is 4.10.